The van der Waals surface area contributed by atoms with E-state index in [0.717, 1.165) is 30.0 Å². The standard InChI is InChI=1S/C12H18N4S/c1-9-8-17-12(15-9)7-10(13)3-4-11-5-6-14-16(11)2/h5-6,8,10H,3-4,7,13H2,1-2H3. The van der Waals surface area contributed by atoms with E-state index in [2.05, 4.69) is 15.5 Å². The Labute approximate surface area is 105 Å². The number of nitrogens with zero attached hydrogens (tertiary/aromatic N) is 3. The van der Waals surface area contributed by atoms with Crippen molar-refractivity contribution >= 4 is 11.3 Å². The summed E-state index contributed by atoms with van der Waals surface area (Å²) in [5.74, 6) is 0. The van der Waals surface area contributed by atoms with Crippen LogP contribution in [-0.4, -0.2) is 20.8 Å². The number of aryl methyl sites for hydroxylation is 3. The minimum absolute atomic E-state index is 0.176. The molecule has 0 saturated carbocycles. The normalized spacial score (nSPS) is 12.9. The van der Waals surface area contributed by atoms with Crippen molar-refractivity contribution in [3.05, 3.63) is 34.0 Å². The summed E-state index contributed by atoms with van der Waals surface area (Å²) in [4.78, 5) is 4.43. The predicted octanol–water partition coefficient (Wildman–Crippen LogP) is 1.69. The first-order chi connectivity index (χ1) is 8.15. The minimum Gasteiger partial charge on any atom is -0.327 e. The topological polar surface area (TPSA) is 56.7 Å². The van der Waals surface area contributed by atoms with Gasteiger partial charge in [0.15, 0.2) is 0 Å². The van der Waals surface area contributed by atoms with Crippen molar-refractivity contribution < 1.29 is 0 Å². The second-order valence-electron chi connectivity index (χ2n) is 4.33. The van der Waals surface area contributed by atoms with E-state index >= 15 is 0 Å². The molecule has 4 nitrogen and oxygen atoms in total. The van der Waals surface area contributed by atoms with Crippen molar-refractivity contribution in [2.24, 2.45) is 12.8 Å². The monoisotopic (exact) mass is 250 g/mol. The maximum Gasteiger partial charge on any atom is 0.0943 e. The SMILES string of the molecule is Cc1csc(CC(N)CCc2ccnn2C)n1. The molecule has 2 aromatic heterocycles. The summed E-state index contributed by atoms with van der Waals surface area (Å²) in [5.41, 5.74) is 8.44. The van der Waals surface area contributed by atoms with E-state index in [-0.39, 0.29) is 6.04 Å². The molecule has 0 saturated heterocycles. The molecule has 2 aromatic rings. The van der Waals surface area contributed by atoms with Gasteiger partial charge in [-0.25, -0.2) is 4.98 Å². The van der Waals surface area contributed by atoms with Gasteiger partial charge in [-0.05, 0) is 25.8 Å². The number of aromatic nitrogens is 3. The second-order valence-corrected chi connectivity index (χ2v) is 5.27. The lowest BCUT2D eigenvalue weighted by Crippen LogP contribution is -2.23. The third-order valence-electron chi connectivity index (χ3n) is 2.80. The molecule has 0 aliphatic rings. The Morgan fingerprint density at radius 3 is 2.94 bits per heavy atom. The first-order valence-electron chi connectivity index (χ1n) is 5.78. The molecule has 92 valence electrons. The zero-order valence-corrected chi connectivity index (χ0v) is 11.1. The molecule has 0 fully saturated rings. The summed E-state index contributed by atoms with van der Waals surface area (Å²) < 4.78 is 1.90. The van der Waals surface area contributed by atoms with Gasteiger partial charge in [0.05, 0.1) is 5.01 Å². The molecule has 2 rings (SSSR count). The van der Waals surface area contributed by atoms with Gasteiger partial charge in [0, 0.05) is 42.5 Å². The van der Waals surface area contributed by atoms with Crippen LogP contribution in [0.15, 0.2) is 17.6 Å². The molecule has 2 heterocycles. The van der Waals surface area contributed by atoms with Crippen molar-refractivity contribution in [2.45, 2.75) is 32.2 Å². The maximum atomic E-state index is 6.12. The van der Waals surface area contributed by atoms with E-state index < -0.39 is 0 Å². The van der Waals surface area contributed by atoms with E-state index in [1.807, 2.05) is 30.9 Å². The zero-order valence-electron chi connectivity index (χ0n) is 10.3. The lowest BCUT2D eigenvalue weighted by atomic mass is 10.1. The summed E-state index contributed by atoms with van der Waals surface area (Å²) in [6.45, 7) is 2.02. The quantitative estimate of drug-likeness (QED) is 0.878. The molecule has 0 aliphatic heterocycles. The molecule has 0 spiro atoms. The highest BCUT2D eigenvalue weighted by Gasteiger charge is 2.08. The van der Waals surface area contributed by atoms with Crippen molar-refractivity contribution in [2.75, 3.05) is 0 Å². The van der Waals surface area contributed by atoms with Crippen LogP contribution >= 0.6 is 11.3 Å². The zero-order chi connectivity index (χ0) is 12.3. The Morgan fingerprint density at radius 1 is 1.53 bits per heavy atom. The number of thiazole rings is 1. The summed E-state index contributed by atoms with van der Waals surface area (Å²) in [7, 11) is 1.96. The van der Waals surface area contributed by atoms with Crippen LogP contribution in [0.5, 0.6) is 0 Å². The fourth-order valence-electron chi connectivity index (χ4n) is 1.80. The van der Waals surface area contributed by atoms with E-state index in [4.69, 9.17) is 5.73 Å². The van der Waals surface area contributed by atoms with Crippen LogP contribution < -0.4 is 5.73 Å². The van der Waals surface area contributed by atoms with Crippen molar-refractivity contribution in [3.63, 3.8) is 0 Å². The molecule has 2 N–H and O–H groups in total. The summed E-state index contributed by atoms with van der Waals surface area (Å²) in [6.07, 6.45) is 4.64. The first kappa shape index (κ1) is 12.3. The molecule has 0 aliphatic carbocycles. The molecule has 5 heteroatoms. The van der Waals surface area contributed by atoms with Gasteiger partial charge in [-0.3, -0.25) is 4.68 Å². The third-order valence-corrected chi connectivity index (χ3v) is 3.79. The van der Waals surface area contributed by atoms with Gasteiger partial charge in [-0.1, -0.05) is 0 Å². The van der Waals surface area contributed by atoms with Crippen molar-refractivity contribution in [1.82, 2.24) is 14.8 Å². The lowest BCUT2D eigenvalue weighted by molar-refractivity contribution is 0.585. The molecule has 0 radical (unpaired) electrons. The Morgan fingerprint density at radius 2 is 2.35 bits per heavy atom. The fourth-order valence-corrected chi connectivity index (χ4v) is 2.67. The van der Waals surface area contributed by atoms with Crippen LogP contribution in [0.25, 0.3) is 0 Å². The highest BCUT2D eigenvalue weighted by molar-refractivity contribution is 7.09. The number of hydrogen-bond acceptors (Lipinski definition) is 4. The van der Waals surface area contributed by atoms with Crippen LogP contribution in [0.1, 0.15) is 22.8 Å². The average molecular weight is 250 g/mol. The molecular weight excluding hydrogens is 232 g/mol. The van der Waals surface area contributed by atoms with Gasteiger partial charge in [-0.2, -0.15) is 5.10 Å². The van der Waals surface area contributed by atoms with E-state index in [9.17, 15) is 0 Å². The highest BCUT2D eigenvalue weighted by Crippen LogP contribution is 2.12. The van der Waals surface area contributed by atoms with Gasteiger partial charge in [0.2, 0.25) is 0 Å². The van der Waals surface area contributed by atoms with Gasteiger partial charge in [0.25, 0.3) is 0 Å². The molecular formula is C12H18N4S. The van der Waals surface area contributed by atoms with E-state index in [1.54, 1.807) is 11.3 Å². The number of hydrogen-bond donors (Lipinski definition) is 1. The summed E-state index contributed by atoms with van der Waals surface area (Å²) in [6, 6.07) is 2.22. The molecule has 1 atom stereocenters. The van der Waals surface area contributed by atoms with Crippen LogP contribution in [0.2, 0.25) is 0 Å². The Bertz CT molecular complexity index is 474. The molecule has 17 heavy (non-hydrogen) atoms. The Kier molecular flexibility index (Phi) is 3.91. The lowest BCUT2D eigenvalue weighted by Gasteiger charge is -2.09. The smallest absolute Gasteiger partial charge is 0.0943 e. The molecule has 0 amide bonds. The fraction of sp³-hybridized carbons (Fsp3) is 0.500. The van der Waals surface area contributed by atoms with Gasteiger partial charge in [0.1, 0.15) is 0 Å². The number of nitrogens with two attached hydrogens (primary N) is 1. The van der Waals surface area contributed by atoms with Crippen molar-refractivity contribution in [3.8, 4) is 0 Å². The minimum atomic E-state index is 0.176. The highest BCUT2D eigenvalue weighted by atomic mass is 32.1. The summed E-state index contributed by atoms with van der Waals surface area (Å²) in [5, 5.41) is 7.36. The first-order valence-corrected chi connectivity index (χ1v) is 6.66. The van der Waals surface area contributed by atoms with E-state index in [1.165, 1.54) is 5.69 Å². The van der Waals surface area contributed by atoms with Gasteiger partial charge >= 0.3 is 0 Å². The van der Waals surface area contributed by atoms with Crippen LogP contribution in [0, 0.1) is 6.92 Å². The average Bonchev–Trinajstić information content (AvgIpc) is 2.85. The molecule has 0 aromatic carbocycles. The van der Waals surface area contributed by atoms with Crippen LogP contribution in [0.3, 0.4) is 0 Å². The Balaban J connectivity index is 1.82. The second kappa shape index (κ2) is 5.42. The molecule has 1 unspecified atom stereocenters. The Hall–Kier alpha value is -1.20. The largest absolute Gasteiger partial charge is 0.327 e. The van der Waals surface area contributed by atoms with Gasteiger partial charge in [-0.15, -0.1) is 11.3 Å². The maximum absolute atomic E-state index is 6.12. The van der Waals surface area contributed by atoms with Crippen LogP contribution in [-0.2, 0) is 19.9 Å². The van der Waals surface area contributed by atoms with E-state index in [0.29, 0.717) is 0 Å². The summed E-state index contributed by atoms with van der Waals surface area (Å²) >= 11 is 1.70. The predicted molar refractivity (Wildman–Crippen MR) is 70.1 cm³/mol. The number of rotatable bonds is 5. The molecule has 0 bridgehead atoms. The van der Waals surface area contributed by atoms with Crippen molar-refractivity contribution in [1.29, 1.82) is 0 Å². The third kappa shape index (κ3) is 3.38. The van der Waals surface area contributed by atoms with Crippen LogP contribution in [0.4, 0.5) is 0 Å². The van der Waals surface area contributed by atoms with Gasteiger partial charge < -0.3 is 5.73 Å².